The number of amides is 1. The summed E-state index contributed by atoms with van der Waals surface area (Å²) in [6.45, 7) is 6.21. The first-order valence-corrected chi connectivity index (χ1v) is 14.2. The van der Waals surface area contributed by atoms with Crippen molar-refractivity contribution in [2.75, 3.05) is 25.0 Å². The molecule has 5 rings (SSSR count). The van der Waals surface area contributed by atoms with Crippen LogP contribution >= 0.6 is 0 Å². The largest absolute Gasteiger partial charge is 0.393 e. The normalized spacial score (nSPS) is 17.4. The van der Waals surface area contributed by atoms with E-state index in [9.17, 15) is 26.7 Å². The highest BCUT2D eigenvalue weighted by molar-refractivity contribution is 5.83. The molecule has 0 bridgehead atoms. The van der Waals surface area contributed by atoms with Crippen molar-refractivity contribution in [2.45, 2.75) is 56.2 Å². The zero-order chi connectivity index (χ0) is 29.9. The number of alkyl halides is 3. The zero-order valence-corrected chi connectivity index (χ0v) is 23.2. The molecule has 9 heteroatoms. The van der Waals surface area contributed by atoms with Gasteiger partial charge in [0.15, 0.2) is 0 Å². The number of nitrogens with one attached hydrogen (secondary N) is 2. The van der Waals surface area contributed by atoms with Crippen molar-refractivity contribution >= 4 is 11.6 Å². The third-order valence-electron chi connectivity index (χ3n) is 8.51. The predicted octanol–water partition coefficient (Wildman–Crippen LogP) is 7.22. The molecule has 3 aromatic carbocycles. The number of carbonyl (C=O) groups excluding carboxylic acids is 1. The standard InChI is InChI=1S/C33H34F5N3O/c1-22-19-32(29-18-27(35)10-11-30(29)40-22)13-16-41(17-14-32)15-12-28(23-6-8-26(34)9-7-23)31(42)39-21-25-5-3-2-4-24(25)20-33(36,37)38/h2-11,18,28,40H,1,12-17,19-21H2,(H,39,42). The summed E-state index contributed by atoms with van der Waals surface area (Å²) in [7, 11) is 0. The Morgan fingerprint density at radius 2 is 1.64 bits per heavy atom. The Hall–Kier alpha value is -3.72. The van der Waals surface area contributed by atoms with Gasteiger partial charge >= 0.3 is 6.18 Å². The molecule has 1 unspecified atom stereocenters. The van der Waals surface area contributed by atoms with Crippen LogP contribution in [0, 0.1) is 11.6 Å². The Morgan fingerprint density at radius 3 is 2.33 bits per heavy atom. The lowest BCUT2D eigenvalue weighted by Gasteiger charge is -2.46. The molecule has 222 valence electrons. The number of likely N-dealkylation sites (tertiary alicyclic amines) is 1. The number of rotatable bonds is 8. The van der Waals surface area contributed by atoms with Crippen LogP contribution in [0.4, 0.5) is 27.6 Å². The van der Waals surface area contributed by atoms with Crippen LogP contribution in [-0.2, 0) is 23.2 Å². The van der Waals surface area contributed by atoms with Gasteiger partial charge in [0, 0.05) is 23.3 Å². The summed E-state index contributed by atoms with van der Waals surface area (Å²) in [5.74, 6) is -1.61. The Balaban J connectivity index is 1.25. The van der Waals surface area contributed by atoms with Crippen molar-refractivity contribution in [3.63, 3.8) is 0 Å². The predicted molar refractivity (Wildman–Crippen MR) is 153 cm³/mol. The maximum absolute atomic E-state index is 14.2. The van der Waals surface area contributed by atoms with E-state index in [1.165, 1.54) is 24.3 Å². The second-order valence-corrected chi connectivity index (χ2v) is 11.4. The first-order valence-electron chi connectivity index (χ1n) is 14.2. The lowest BCUT2D eigenvalue weighted by Crippen LogP contribution is -2.45. The fourth-order valence-electron chi connectivity index (χ4n) is 6.33. The van der Waals surface area contributed by atoms with E-state index in [0.29, 0.717) is 24.1 Å². The summed E-state index contributed by atoms with van der Waals surface area (Å²) in [6, 6.07) is 16.8. The number of benzene rings is 3. The molecule has 0 aromatic heterocycles. The number of fused-ring (bicyclic) bond motifs is 2. The van der Waals surface area contributed by atoms with E-state index in [1.54, 1.807) is 42.5 Å². The molecule has 1 saturated heterocycles. The van der Waals surface area contributed by atoms with Gasteiger partial charge < -0.3 is 15.5 Å². The summed E-state index contributed by atoms with van der Waals surface area (Å²) in [5, 5.41) is 6.10. The Morgan fingerprint density at radius 1 is 0.976 bits per heavy atom. The lowest BCUT2D eigenvalue weighted by atomic mass is 9.67. The van der Waals surface area contributed by atoms with Gasteiger partial charge in [-0.3, -0.25) is 4.79 Å². The number of hydrogen-bond acceptors (Lipinski definition) is 3. The lowest BCUT2D eigenvalue weighted by molar-refractivity contribution is -0.127. The molecule has 2 heterocycles. The van der Waals surface area contributed by atoms with Crippen LogP contribution in [0.25, 0.3) is 0 Å². The summed E-state index contributed by atoms with van der Waals surface area (Å²) in [5.41, 5.74) is 3.75. The monoisotopic (exact) mass is 583 g/mol. The highest BCUT2D eigenvalue weighted by Crippen LogP contribution is 2.47. The van der Waals surface area contributed by atoms with E-state index >= 15 is 0 Å². The number of anilines is 1. The summed E-state index contributed by atoms with van der Waals surface area (Å²) in [6.07, 6.45) is -2.62. The van der Waals surface area contributed by atoms with Crippen molar-refractivity contribution in [3.05, 3.63) is 113 Å². The van der Waals surface area contributed by atoms with Gasteiger partial charge in [-0.1, -0.05) is 43.0 Å². The molecule has 1 spiro atoms. The molecule has 42 heavy (non-hydrogen) atoms. The van der Waals surface area contributed by atoms with E-state index in [4.69, 9.17) is 0 Å². The van der Waals surface area contributed by atoms with Crippen LogP contribution in [-0.4, -0.2) is 36.6 Å². The molecule has 1 atom stereocenters. The summed E-state index contributed by atoms with van der Waals surface area (Å²) in [4.78, 5) is 15.7. The van der Waals surface area contributed by atoms with Crippen LogP contribution in [0.15, 0.2) is 79.0 Å². The minimum atomic E-state index is -4.36. The molecular formula is C33H34F5N3O. The number of nitrogens with zero attached hydrogens (tertiary/aromatic N) is 1. The van der Waals surface area contributed by atoms with Crippen molar-refractivity contribution in [2.24, 2.45) is 0 Å². The van der Waals surface area contributed by atoms with E-state index in [0.717, 1.165) is 49.3 Å². The van der Waals surface area contributed by atoms with E-state index in [-0.39, 0.29) is 29.2 Å². The summed E-state index contributed by atoms with van der Waals surface area (Å²) < 4.78 is 67.0. The second kappa shape index (κ2) is 12.3. The molecule has 0 aliphatic carbocycles. The highest BCUT2D eigenvalue weighted by atomic mass is 19.4. The van der Waals surface area contributed by atoms with Gasteiger partial charge in [-0.05, 0) is 97.9 Å². The van der Waals surface area contributed by atoms with Crippen molar-refractivity contribution in [3.8, 4) is 0 Å². The average molecular weight is 584 g/mol. The molecule has 1 fully saturated rings. The van der Waals surface area contributed by atoms with E-state index in [1.807, 2.05) is 0 Å². The minimum absolute atomic E-state index is 0.0388. The number of carbonyl (C=O) groups is 1. The van der Waals surface area contributed by atoms with Gasteiger partial charge in [-0.2, -0.15) is 13.2 Å². The van der Waals surface area contributed by atoms with Crippen LogP contribution < -0.4 is 10.6 Å². The second-order valence-electron chi connectivity index (χ2n) is 11.4. The van der Waals surface area contributed by atoms with Crippen LogP contribution in [0.3, 0.4) is 0 Å². The zero-order valence-electron chi connectivity index (χ0n) is 23.2. The third-order valence-corrected chi connectivity index (χ3v) is 8.51. The fourth-order valence-corrected chi connectivity index (χ4v) is 6.33. The van der Waals surface area contributed by atoms with E-state index < -0.39 is 24.3 Å². The Kier molecular flexibility index (Phi) is 8.68. The summed E-state index contributed by atoms with van der Waals surface area (Å²) >= 11 is 0. The van der Waals surface area contributed by atoms with Gasteiger partial charge in [0.2, 0.25) is 5.91 Å². The number of piperidine rings is 1. The van der Waals surface area contributed by atoms with Crippen molar-refractivity contribution < 1.29 is 26.7 Å². The number of halogens is 5. The van der Waals surface area contributed by atoms with Gasteiger partial charge in [-0.25, -0.2) is 8.78 Å². The average Bonchev–Trinajstić information content (AvgIpc) is 2.94. The first kappa shape index (κ1) is 29.8. The first-order chi connectivity index (χ1) is 20.0. The smallest absolute Gasteiger partial charge is 0.359 e. The van der Waals surface area contributed by atoms with Crippen LogP contribution in [0.5, 0.6) is 0 Å². The van der Waals surface area contributed by atoms with Crippen LogP contribution in [0.2, 0.25) is 0 Å². The van der Waals surface area contributed by atoms with E-state index in [2.05, 4.69) is 22.1 Å². The number of hydrogen-bond donors (Lipinski definition) is 2. The molecule has 0 radical (unpaired) electrons. The van der Waals surface area contributed by atoms with Gasteiger partial charge in [0.25, 0.3) is 0 Å². The molecule has 4 nitrogen and oxygen atoms in total. The molecule has 1 amide bonds. The molecule has 3 aromatic rings. The minimum Gasteiger partial charge on any atom is -0.359 e. The topological polar surface area (TPSA) is 44.4 Å². The SMILES string of the molecule is C=C1CC2(CCN(CCC(C(=O)NCc3ccccc3CC(F)(F)F)c3ccc(F)cc3)CC2)c2cc(F)ccc2N1. The molecule has 2 N–H and O–H groups in total. The maximum atomic E-state index is 14.2. The van der Waals surface area contributed by atoms with Gasteiger partial charge in [-0.15, -0.1) is 0 Å². The number of allylic oxidation sites excluding steroid dienone is 1. The molecule has 0 saturated carbocycles. The third kappa shape index (κ3) is 7.01. The quantitative estimate of drug-likeness (QED) is 0.275. The molecule has 2 aliphatic heterocycles. The fraction of sp³-hybridized carbons (Fsp3) is 0.364. The Bertz CT molecular complexity index is 1430. The van der Waals surface area contributed by atoms with Crippen LogP contribution in [0.1, 0.15) is 53.9 Å². The Labute approximate surface area is 242 Å². The van der Waals surface area contributed by atoms with Crippen molar-refractivity contribution in [1.82, 2.24) is 10.2 Å². The molecule has 2 aliphatic rings. The van der Waals surface area contributed by atoms with Gasteiger partial charge in [0.05, 0.1) is 12.3 Å². The molecular weight excluding hydrogens is 549 g/mol. The van der Waals surface area contributed by atoms with Crippen molar-refractivity contribution in [1.29, 1.82) is 0 Å². The maximum Gasteiger partial charge on any atom is 0.393 e. The highest BCUT2D eigenvalue weighted by Gasteiger charge is 2.41. The van der Waals surface area contributed by atoms with Gasteiger partial charge in [0.1, 0.15) is 11.6 Å².